The fourth-order valence-electron chi connectivity index (χ4n) is 1.97. The van der Waals surface area contributed by atoms with E-state index >= 15 is 0 Å². The van der Waals surface area contributed by atoms with Gasteiger partial charge in [-0.1, -0.05) is 12.2 Å². The summed E-state index contributed by atoms with van der Waals surface area (Å²) in [5.41, 5.74) is 7.43. The first-order valence-electron chi connectivity index (χ1n) is 5.83. The predicted molar refractivity (Wildman–Crippen MR) is 72.2 cm³/mol. The van der Waals surface area contributed by atoms with Gasteiger partial charge in [-0.3, -0.25) is 4.98 Å². The number of nitrogens with one attached hydrogen (secondary N) is 1. The minimum absolute atomic E-state index is 0.402. The van der Waals surface area contributed by atoms with Gasteiger partial charge in [0.05, 0.1) is 11.9 Å². The summed E-state index contributed by atoms with van der Waals surface area (Å²) in [6.45, 7) is 2.68. The van der Waals surface area contributed by atoms with Gasteiger partial charge in [0, 0.05) is 31.5 Å². The average Bonchev–Trinajstić information content (AvgIpc) is 2.82. The lowest BCUT2D eigenvalue weighted by molar-refractivity contribution is 0.185. The van der Waals surface area contributed by atoms with E-state index in [2.05, 4.69) is 10.3 Å². The van der Waals surface area contributed by atoms with Crippen LogP contribution in [-0.4, -0.2) is 29.7 Å². The van der Waals surface area contributed by atoms with Crippen LogP contribution in [0.15, 0.2) is 18.5 Å². The van der Waals surface area contributed by atoms with Gasteiger partial charge < -0.3 is 15.8 Å². The highest BCUT2D eigenvalue weighted by Crippen LogP contribution is 2.18. The Bertz CT molecular complexity index is 391. The van der Waals surface area contributed by atoms with Crippen molar-refractivity contribution in [3.63, 3.8) is 0 Å². The molecule has 0 saturated carbocycles. The number of aromatic nitrogens is 1. The van der Waals surface area contributed by atoms with Crippen molar-refractivity contribution in [3.8, 4) is 0 Å². The van der Waals surface area contributed by atoms with Crippen LogP contribution in [0.2, 0.25) is 0 Å². The normalized spacial score (nSPS) is 19.2. The zero-order valence-corrected chi connectivity index (χ0v) is 10.5. The molecule has 5 heteroatoms. The fraction of sp³-hybridized carbons (Fsp3) is 0.500. The van der Waals surface area contributed by atoms with Crippen LogP contribution in [0, 0.1) is 5.92 Å². The van der Waals surface area contributed by atoms with Crippen molar-refractivity contribution in [2.24, 2.45) is 11.7 Å². The molecule has 0 bridgehead atoms. The number of hydrogen-bond acceptors (Lipinski definition) is 4. The second-order valence-electron chi connectivity index (χ2n) is 4.23. The van der Waals surface area contributed by atoms with Crippen LogP contribution in [0.5, 0.6) is 0 Å². The molecule has 4 nitrogen and oxygen atoms in total. The molecule has 1 saturated heterocycles. The molecule has 3 N–H and O–H groups in total. The maximum atomic E-state index is 5.65. The highest BCUT2D eigenvalue weighted by atomic mass is 32.1. The van der Waals surface area contributed by atoms with Crippen LogP contribution in [-0.2, 0) is 4.74 Å². The van der Waals surface area contributed by atoms with Crippen molar-refractivity contribution >= 4 is 22.9 Å². The zero-order chi connectivity index (χ0) is 12.1. The maximum absolute atomic E-state index is 5.65. The monoisotopic (exact) mass is 251 g/mol. The molecule has 0 aliphatic carbocycles. The lowest BCUT2D eigenvalue weighted by atomic mass is 10.1. The molecule has 1 aromatic rings. The smallest absolute Gasteiger partial charge is 0.106 e. The van der Waals surface area contributed by atoms with Crippen LogP contribution in [0.3, 0.4) is 0 Å². The van der Waals surface area contributed by atoms with E-state index in [9.17, 15) is 0 Å². The molecule has 1 fully saturated rings. The summed E-state index contributed by atoms with van der Waals surface area (Å²) in [4.78, 5) is 4.48. The van der Waals surface area contributed by atoms with Crippen LogP contribution in [0.4, 0.5) is 5.69 Å². The number of nitrogens with two attached hydrogens (primary N) is 1. The van der Waals surface area contributed by atoms with E-state index in [0.717, 1.165) is 43.9 Å². The van der Waals surface area contributed by atoms with Gasteiger partial charge in [0.25, 0.3) is 0 Å². The van der Waals surface area contributed by atoms with Crippen LogP contribution < -0.4 is 11.1 Å². The van der Waals surface area contributed by atoms with E-state index in [1.165, 1.54) is 0 Å². The summed E-state index contributed by atoms with van der Waals surface area (Å²) < 4.78 is 5.34. The molecule has 1 atom stereocenters. The van der Waals surface area contributed by atoms with Gasteiger partial charge >= 0.3 is 0 Å². The first-order chi connectivity index (χ1) is 8.27. The van der Waals surface area contributed by atoms with Gasteiger partial charge in [-0.2, -0.15) is 0 Å². The van der Waals surface area contributed by atoms with Crippen molar-refractivity contribution < 1.29 is 4.74 Å². The number of thiocarbonyl (C=S) groups is 1. The third-order valence-corrected chi connectivity index (χ3v) is 3.20. The number of ether oxygens (including phenoxy) is 1. The van der Waals surface area contributed by atoms with Crippen molar-refractivity contribution in [1.82, 2.24) is 4.98 Å². The van der Waals surface area contributed by atoms with E-state index in [4.69, 9.17) is 22.7 Å². The Morgan fingerprint density at radius 3 is 3.24 bits per heavy atom. The number of anilines is 1. The summed E-state index contributed by atoms with van der Waals surface area (Å²) in [5, 5.41) is 3.34. The Labute approximate surface area is 107 Å². The van der Waals surface area contributed by atoms with Crippen molar-refractivity contribution in [2.75, 3.05) is 25.1 Å². The number of pyridine rings is 1. The Morgan fingerprint density at radius 1 is 1.65 bits per heavy atom. The van der Waals surface area contributed by atoms with Gasteiger partial charge in [-0.15, -0.1) is 0 Å². The molecule has 92 valence electrons. The summed E-state index contributed by atoms with van der Waals surface area (Å²) in [5.74, 6) is 0.674. The highest BCUT2D eigenvalue weighted by molar-refractivity contribution is 7.80. The van der Waals surface area contributed by atoms with E-state index in [1.54, 1.807) is 12.4 Å². The van der Waals surface area contributed by atoms with E-state index in [1.807, 2.05) is 6.07 Å². The predicted octanol–water partition coefficient (Wildman–Crippen LogP) is 1.55. The molecule has 1 unspecified atom stereocenters. The molecule has 0 spiro atoms. The largest absolute Gasteiger partial charge is 0.389 e. The van der Waals surface area contributed by atoms with Gasteiger partial charge in [0.2, 0.25) is 0 Å². The average molecular weight is 251 g/mol. The molecule has 2 rings (SSSR count). The Kier molecular flexibility index (Phi) is 4.28. The highest BCUT2D eigenvalue weighted by Gasteiger charge is 2.15. The Hall–Kier alpha value is -1.20. The summed E-state index contributed by atoms with van der Waals surface area (Å²) in [6.07, 6.45) is 5.73. The SMILES string of the molecule is NC(=S)c1ccncc1NCCC1CCOC1. The number of hydrogen-bond donors (Lipinski definition) is 2. The second kappa shape index (κ2) is 5.93. The maximum Gasteiger partial charge on any atom is 0.106 e. The van der Waals surface area contributed by atoms with Gasteiger partial charge in [0.1, 0.15) is 4.99 Å². The molecule has 17 heavy (non-hydrogen) atoms. The first-order valence-corrected chi connectivity index (χ1v) is 6.23. The number of nitrogens with zero attached hydrogens (tertiary/aromatic N) is 1. The van der Waals surface area contributed by atoms with Crippen LogP contribution in [0.1, 0.15) is 18.4 Å². The third kappa shape index (κ3) is 3.38. The van der Waals surface area contributed by atoms with E-state index < -0.39 is 0 Å². The topological polar surface area (TPSA) is 60.2 Å². The summed E-state index contributed by atoms with van der Waals surface area (Å²) in [7, 11) is 0. The molecule has 1 aromatic heterocycles. The van der Waals surface area contributed by atoms with Gasteiger partial charge in [-0.05, 0) is 24.8 Å². The molecular formula is C12H17N3OS. The minimum Gasteiger partial charge on any atom is -0.389 e. The van der Waals surface area contributed by atoms with Crippen LogP contribution >= 0.6 is 12.2 Å². The van der Waals surface area contributed by atoms with Gasteiger partial charge in [-0.25, -0.2) is 0 Å². The summed E-state index contributed by atoms with van der Waals surface area (Å²) >= 11 is 5.00. The third-order valence-electron chi connectivity index (χ3n) is 2.98. The molecular weight excluding hydrogens is 234 g/mol. The van der Waals surface area contributed by atoms with E-state index in [0.29, 0.717) is 10.9 Å². The van der Waals surface area contributed by atoms with Crippen molar-refractivity contribution in [1.29, 1.82) is 0 Å². The molecule has 0 radical (unpaired) electrons. The number of rotatable bonds is 5. The molecule has 2 heterocycles. The molecule has 1 aliphatic rings. The quantitative estimate of drug-likeness (QED) is 0.778. The molecule has 1 aliphatic heterocycles. The second-order valence-corrected chi connectivity index (χ2v) is 4.67. The molecule has 0 amide bonds. The van der Waals surface area contributed by atoms with Gasteiger partial charge in [0.15, 0.2) is 0 Å². The molecule has 0 aromatic carbocycles. The lowest BCUT2D eigenvalue weighted by Gasteiger charge is -2.12. The first kappa shape index (κ1) is 12.3. The van der Waals surface area contributed by atoms with Crippen LogP contribution in [0.25, 0.3) is 0 Å². The summed E-state index contributed by atoms with van der Waals surface area (Å²) in [6, 6.07) is 1.84. The van der Waals surface area contributed by atoms with Crippen molar-refractivity contribution in [2.45, 2.75) is 12.8 Å². The van der Waals surface area contributed by atoms with E-state index in [-0.39, 0.29) is 0 Å². The lowest BCUT2D eigenvalue weighted by Crippen LogP contribution is -2.15. The zero-order valence-electron chi connectivity index (χ0n) is 9.69. The minimum atomic E-state index is 0.402. The fourth-order valence-corrected chi connectivity index (χ4v) is 2.15. The Morgan fingerprint density at radius 2 is 2.53 bits per heavy atom. The standard InChI is InChI=1S/C12H17N3OS/c13-12(17)10-2-4-14-7-11(10)15-5-1-9-3-6-16-8-9/h2,4,7,9,15H,1,3,5-6,8H2,(H2,13,17). The van der Waals surface area contributed by atoms with Crippen molar-refractivity contribution in [3.05, 3.63) is 24.0 Å². The Balaban J connectivity index is 1.87.